The van der Waals surface area contributed by atoms with E-state index < -0.39 is 17.1 Å². The van der Waals surface area contributed by atoms with Crippen LogP contribution in [0.3, 0.4) is 0 Å². The zero-order chi connectivity index (χ0) is 6.73. The van der Waals surface area contributed by atoms with Gasteiger partial charge in [0.2, 0.25) is 6.04 Å². The van der Waals surface area contributed by atoms with Crippen LogP contribution in [0, 0.1) is 10.1 Å². The van der Waals surface area contributed by atoms with Gasteiger partial charge in [0.25, 0.3) is 0 Å². The van der Waals surface area contributed by atoms with E-state index in [2.05, 4.69) is 0 Å². The standard InChI is InChI=1S/C4H8FNO2/c1-3(5)4(2)6(7)8/h3-4H,1-2H3/t3-,4?/m1/s1. The highest BCUT2D eigenvalue weighted by Gasteiger charge is 2.20. The number of nitro groups is 1. The molecule has 1 unspecified atom stereocenters. The van der Waals surface area contributed by atoms with Gasteiger partial charge in [0.05, 0.1) is 0 Å². The first kappa shape index (κ1) is 7.33. The summed E-state index contributed by atoms with van der Waals surface area (Å²) in [6, 6.07) is -1.07. The molecule has 0 aromatic rings. The molecular weight excluding hydrogens is 113 g/mol. The topological polar surface area (TPSA) is 43.1 Å². The number of hydrogen-bond acceptors (Lipinski definition) is 2. The SMILES string of the molecule is CC([C@@H](C)F)[N+](=O)[O-]. The molecule has 2 atom stereocenters. The zero-order valence-corrected chi connectivity index (χ0v) is 4.80. The van der Waals surface area contributed by atoms with E-state index in [0.29, 0.717) is 0 Å². The molecule has 3 nitrogen and oxygen atoms in total. The van der Waals surface area contributed by atoms with Crippen molar-refractivity contribution in [2.45, 2.75) is 26.1 Å². The summed E-state index contributed by atoms with van der Waals surface area (Å²) in [6.45, 7) is 2.41. The molecule has 0 radical (unpaired) electrons. The van der Waals surface area contributed by atoms with Crippen molar-refractivity contribution in [1.82, 2.24) is 0 Å². The minimum atomic E-state index is -1.36. The van der Waals surface area contributed by atoms with E-state index in [-0.39, 0.29) is 0 Å². The Morgan fingerprint density at radius 2 is 2.00 bits per heavy atom. The smallest absolute Gasteiger partial charge is 0.240 e. The van der Waals surface area contributed by atoms with Gasteiger partial charge in [-0.1, -0.05) is 0 Å². The van der Waals surface area contributed by atoms with Gasteiger partial charge in [-0.05, 0) is 6.92 Å². The number of hydrogen-bond donors (Lipinski definition) is 0. The van der Waals surface area contributed by atoms with Gasteiger partial charge >= 0.3 is 0 Å². The molecule has 48 valence electrons. The van der Waals surface area contributed by atoms with Crippen LogP contribution in [-0.2, 0) is 0 Å². The Bertz CT molecular complexity index is 94.0. The molecule has 0 bridgehead atoms. The van der Waals surface area contributed by atoms with Gasteiger partial charge in [0, 0.05) is 11.8 Å². The fourth-order valence-corrected chi connectivity index (χ4v) is 0.168. The lowest BCUT2D eigenvalue weighted by Gasteiger charge is -2.01. The number of halogens is 1. The average molecular weight is 121 g/mol. The molecule has 4 heteroatoms. The van der Waals surface area contributed by atoms with Crippen LogP contribution in [0.25, 0.3) is 0 Å². The molecule has 0 saturated heterocycles. The molecule has 0 N–H and O–H groups in total. The summed E-state index contributed by atoms with van der Waals surface area (Å²) in [6.07, 6.45) is -1.36. The Labute approximate surface area is 46.7 Å². The van der Waals surface area contributed by atoms with E-state index in [0.717, 1.165) is 0 Å². The van der Waals surface area contributed by atoms with Crippen LogP contribution in [0.1, 0.15) is 13.8 Å². The molecule has 0 spiro atoms. The van der Waals surface area contributed by atoms with Crippen LogP contribution in [0.15, 0.2) is 0 Å². The first-order valence-corrected chi connectivity index (χ1v) is 2.33. The number of alkyl halides is 1. The van der Waals surface area contributed by atoms with Crippen LogP contribution < -0.4 is 0 Å². The number of nitrogens with zero attached hydrogens (tertiary/aromatic N) is 1. The maximum atomic E-state index is 11.9. The van der Waals surface area contributed by atoms with Gasteiger partial charge in [-0.15, -0.1) is 0 Å². The maximum absolute atomic E-state index is 11.9. The first-order chi connectivity index (χ1) is 3.55. The third-order valence-corrected chi connectivity index (χ3v) is 0.997. The molecule has 0 fully saturated rings. The third kappa shape index (κ3) is 1.86. The molecule has 0 heterocycles. The average Bonchev–Trinajstić information content (AvgIpc) is 1.64. The normalized spacial score (nSPS) is 17.4. The van der Waals surface area contributed by atoms with Gasteiger partial charge in [0.15, 0.2) is 6.17 Å². The van der Waals surface area contributed by atoms with Crippen LogP contribution in [-0.4, -0.2) is 17.1 Å². The Kier molecular flexibility index (Phi) is 2.37. The van der Waals surface area contributed by atoms with Gasteiger partial charge in [-0.3, -0.25) is 10.1 Å². The molecule has 8 heavy (non-hydrogen) atoms. The summed E-state index contributed by atoms with van der Waals surface area (Å²) in [5.41, 5.74) is 0. The lowest BCUT2D eigenvalue weighted by atomic mass is 10.2. The number of rotatable bonds is 2. The molecule has 0 saturated carbocycles. The second kappa shape index (κ2) is 2.59. The zero-order valence-electron chi connectivity index (χ0n) is 4.80. The quantitative estimate of drug-likeness (QED) is 0.404. The van der Waals surface area contributed by atoms with Crippen molar-refractivity contribution in [1.29, 1.82) is 0 Å². The van der Waals surface area contributed by atoms with Crippen molar-refractivity contribution in [3.63, 3.8) is 0 Å². The minimum Gasteiger partial charge on any atom is -0.264 e. The van der Waals surface area contributed by atoms with Gasteiger partial charge in [-0.25, -0.2) is 4.39 Å². The van der Waals surface area contributed by atoms with Gasteiger partial charge < -0.3 is 0 Å². The highest BCUT2D eigenvalue weighted by molar-refractivity contribution is 4.54. The highest BCUT2D eigenvalue weighted by atomic mass is 19.1. The monoisotopic (exact) mass is 121 g/mol. The van der Waals surface area contributed by atoms with Crippen LogP contribution in [0.2, 0.25) is 0 Å². The predicted molar refractivity (Wildman–Crippen MR) is 27.0 cm³/mol. The van der Waals surface area contributed by atoms with Crippen LogP contribution in [0.5, 0.6) is 0 Å². The summed E-state index contributed by atoms with van der Waals surface area (Å²) in [5, 5.41) is 9.71. The van der Waals surface area contributed by atoms with Crippen LogP contribution in [0.4, 0.5) is 4.39 Å². The van der Waals surface area contributed by atoms with E-state index in [4.69, 9.17) is 0 Å². The fourth-order valence-electron chi connectivity index (χ4n) is 0.168. The molecule has 0 rings (SSSR count). The van der Waals surface area contributed by atoms with E-state index >= 15 is 0 Å². The summed E-state index contributed by atoms with van der Waals surface area (Å²) in [7, 11) is 0. The summed E-state index contributed by atoms with van der Waals surface area (Å²) < 4.78 is 11.9. The van der Waals surface area contributed by atoms with Crippen molar-refractivity contribution >= 4 is 0 Å². The molecule has 0 aromatic carbocycles. The van der Waals surface area contributed by atoms with Crippen molar-refractivity contribution in [2.75, 3.05) is 0 Å². The molecule has 0 aromatic heterocycles. The Hall–Kier alpha value is -0.670. The van der Waals surface area contributed by atoms with Gasteiger partial charge in [0.1, 0.15) is 0 Å². The van der Waals surface area contributed by atoms with Crippen molar-refractivity contribution in [2.24, 2.45) is 0 Å². The molecule has 0 aliphatic heterocycles. The van der Waals surface area contributed by atoms with E-state index in [1.54, 1.807) is 0 Å². The summed E-state index contributed by atoms with van der Waals surface area (Å²) in [5.74, 6) is 0. The molecular formula is C4H8FNO2. The van der Waals surface area contributed by atoms with E-state index in [1.165, 1.54) is 13.8 Å². The summed E-state index contributed by atoms with van der Waals surface area (Å²) in [4.78, 5) is 9.07. The largest absolute Gasteiger partial charge is 0.264 e. The summed E-state index contributed by atoms with van der Waals surface area (Å²) >= 11 is 0. The van der Waals surface area contributed by atoms with Crippen LogP contribution >= 0.6 is 0 Å². The van der Waals surface area contributed by atoms with Crippen molar-refractivity contribution in [3.05, 3.63) is 10.1 Å². The minimum absolute atomic E-state index is 0.634. The lowest BCUT2D eigenvalue weighted by Crippen LogP contribution is -2.24. The first-order valence-electron chi connectivity index (χ1n) is 2.33. The van der Waals surface area contributed by atoms with Crippen molar-refractivity contribution < 1.29 is 9.31 Å². The van der Waals surface area contributed by atoms with Crippen molar-refractivity contribution in [3.8, 4) is 0 Å². The second-order valence-electron chi connectivity index (χ2n) is 1.70. The van der Waals surface area contributed by atoms with E-state index in [1.807, 2.05) is 0 Å². The Balaban J connectivity index is 3.64. The fraction of sp³-hybridized carbons (Fsp3) is 1.00. The predicted octanol–water partition coefficient (Wildman–Crippen LogP) is 1.01. The second-order valence-corrected chi connectivity index (χ2v) is 1.70. The highest BCUT2D eigenvalue weighted by Crippen LogP contribution is 1.99. The van der Waals surface area contributed by atoms with E-state index in [9.17, 15) is 14.5 Å². The molecule has 0 aliphatic carbocycles. The maximum Gasteiger partial charge on any atom is 0.240 e. The Morgan fingerprint density at radius 3 is 2.00 bits per heavy atom. The molecule has 0 amide bonds. The Morgan fingerprint density at radius 1 is 1.62 bits per heavy atom. The van der Waals surface area contributed by atoms with Gasteiger partial charge in [-0.2, -0.15) is 0 Å². The lowest BCUT2D eigenvalue weighted by molar-refractivity contribution is -0.525. The third-order valence-electron chi connectivity index (χ3n) is 0.997. The molecule has 0 aliphatic rings.